The minimum absolute atomic E-state index is 0.0238. The van der Waals surface area contributed by atoms with Crippen LogP contribution in [0, 0.1) is 13.8 Å². The molecule has 0 atom stereocenters. The number of aryl methyl sites for hydroxylation is 4. The van der Waals surface area contributed by atoms with E-state index in [0.29, 0.717) is 11.7 Å². The maximum absolute atomic E-state index is 13.1. The van der Waals surface area contributed by atoms with Gasteiger partial charge in [0, 0.05) is 15.8 Å². The first-order valence-corrected chi connectivity index (χ1v) is 10.3. The Kier molecular flexibility index (Phi) is 3.85. The summed E-state index contributed by atoms with van der Waals surface area (Å²) in [6, 6.07) is 6.18. The third-order valence-electron chi connectivity index (χ3n) is 5.57. The van der Waals surface area contributed by atoms with Crippen LogP contribution in [0.4, 0.5) is 0 Å². The van der Waals surface area contributed by atoms with Gasteiger partial charge in [0.05, 0.1) is 23.8 Å². The van der Waals surface area contributed by atoms with Gasteiger partial charge in [-0.25, -0.2) is 9.97 Å². The zero-order chi connectivity index (χ0) is 18.7. The minimum Gasteiger partial charge on any atom is -0.294 e. The molecule has 6 heteroatoms. The molecule has 0 saturated carbocycles. The second kappa shape index (κ2) is 6.14. The van der Waals surface area contributed by atoms with Crippen molar-refractivity contribution in [2.45, 2.75) is 39.7 Å². The Hall–Kier alpha value is -2.24. The Labute approximate surface area is 165 Å². The lowest BCUT2D eigenvalue weighted by molar-refractivity contribution is 0.747. The van der Waals surface area contributed by atoms with Crippen LogP contribution in [0.5, 0.6) is 0 Å². The van der Waals surface area contributed by atoms with Gasteiger partial charge in [-0.3, -0.25) is 9.36 Å². The van der Waals surface area contributed by atoms with Crippen molar-refractivity contribution in [3.8, 4) is 0 Å². The summed E-state index contributed by atoms with van der Waals surface area (Å²) in [5, 5.41) is 2.28. The molecule has 3 aromatic heterocycles. The van der Waals surface area contributed by atoms with Crippen molar-refractivity contribution in [2.24, 2.45) is 0 Å². The van der Waals surface area contributed by atoms with Gasteiger partial charge in [0.25, 0.3) is 5.56 Å². The van der Waals surface area contributed by atoms with E-state index in [4.69, 9.17) is 11.6 Å². The molecule has 27 heavy (non-hydrogen) atoms. The highest BCUT2D eigenvalue weighted by Gasteiger charge is 2.21. The van der Waals surface area contributed by atoms with E-state index in [1.165, 1.54) is 16.0 Å². The molecule has 4 nitrogen and oxygen atoms in total. The van der Waals surface area contributed by atoms with Gasteiger partial charge in [0.2, 0.25) is 0 Å². The number of halogens is 1. The van der Waals surface area contributed by atoms with Gasteiger partial charge >= 0.3 is 0 Å². The minimum atomic E-state index is 0.0238. The molecule has 0 aliphatic heterocycles. The van der Waals surface area contributed by atoms with Gasteiger partial charge in [-0.05, 0) is 55.9 Å². The van der Waals surface area contributed by atoms with Crippen LogP contribution >= 0.6 is 22.9 Å². The number of hydrogen-bond donors (Lipinski definition) is 0. The lowest BCUT2D eigenvalue weighted by atomic mass is 10.0. The monoisotopic (exact) mass is 395 g/mol. The Balaban J connectivity index is 1.63. The molecule has 0 radical (unpaired) electrons. The topological polar surface area (TPSA) is 47.8 Å². The number of benzene rings is 1. The van der Waals surface area contributed by atoms with Crippen molar-refractivity contribution in [1.82, 2.24) is 14.5 Å². The SMILES string of the molecule is Cc1ccc2cc(Cn3cnc4sc5c(c4c3=O)CCC5)c(Cl)nc2c1C. The molecule has 0 amide bonds. The standard InChI is InChI=1S/C21H18ClN3OS/c1-11-6-7-13-8-14(19(22)24-18(13)12(11)2)9-25-10-23-20-17(21(25)26)15-4-3-5-16(15)27-20/h6-8,10H,3-5,9H2,1-2H3. The number of nitrogens with zero attached hydrogens (tertiary/aromatic N) is 3. The van der Waals surface area contributed by atoms with E-state index in [0.717, 1.165) is 51.5 Å². The zero-order valence-electron chi connectivity index (χ0n) is 15.2. The van der Waals surface area contributed by atoms with Crippen LogP contribution in [0.3, 0.4) is 0 Å². The molecule has 5 rings (SSSR count). The van der Waals surface area contributed by atoms with Crippen molar-refractivity contribution < 1.29 is 0 Å². The molecular formula is C21H18ClN3OS. The van der Waals surface area contributed by atoms with Gasteiger partial charge in [0.15, 0.2) is 0 Å². The number of aromatic nitrogens is 3. The zero-order valence-corrected chi connectivity index (χ0v) is 16.7. The summed E-state index contributed by atoms with van der Waals surface area (Å²) in [6.45, 7) is 4.50. The Morgan fingerprint density at radius 2 is 2.11 bits per heavy atom. The predicted octanol–water partition coefficient (Wildman–Crippen LogP) is 4.81. The van der Waals surface area contributed by atoms with Crippen LogP contribution in [0.1, 0.15) is 33.6 Å². The van der Waals surface area contributed by atoms with E-state index in [1.54, 1.807) is 22.2 Å². The quantitative estimate of drug-likeness (QED) is 0.457. The molecule has 3 heterocycles. The summed E-state index contributed by atoms with van der Waals surface area (Å²) < 4.78 is 1.66. The highest BCUT2D eigenvalue weighted by atomic mass is 35.5. The van der Waals surface area contributed by atoms with Crippen LogP contribution in [-0.2, 0) is 19.4 Å². The van der Waals surface area contributed by atoms with Crippen molar-refractivity contribution >= 4 is 44.1 Å². The Bertz CT molecular complexity index is 1290. The van der Waals surface area contributed by atoms with Gasteiger partial charge in [-0.15, -0.1) is 11.3 Å². The van der Waals surface area contributed by atoms with Crippen LogP contribution in [0.25, 0.3) is 21.1 Å². The lowest BCUT2D eigenvalue weighted by Gasteiger charge is -2.11. The summed E-state index contributed by atoms with van der Waals surface area (Å²) in [5.41, 5.74) is 5.31. The molecule has 4 aromatic rings. The van der Waals surface area contributed by atoms with Crippen molar-refractivity contribution in [2.75, 3.05) is 0 Å². The molecule has 0 spiro atoms. The summed E-state index contributed by atoms with van der Waals surface area (Å²) >= 11 is 8.14. The first-order chi connectivity index (χ1) is 13.0. The molecule has 0 fully saturated rings. The van der Waals surface area contributed by atoms with Crippen molar-refractivity contribution in [3.63, 3.8) is 0 Å². The maximum Gasteiger partial charge on any atom is 0.262 e. The third-order valence-corrected chi connectivity index (χ3v) is 7.10. The van der Waals surface area contributed by atoms with Crippen LogP contribution in [0.2, 0.25) is 5.15 Å². The highest BCUT2D eigenvalue weighted by Crippen LogP contribution is 2.34. The average molecular weight is 396 g/mol. The molecule has 136 valence electrons. The van der Waals surface area contributed by atoms with Crippen LogP contribution in [-0.4, -0.2) is 14.5 Å². The Morgan fingerprint density at radius 1 is 1.26 bits per heavy atom. The molecule has 0 N–H and O–H groups in total. The molecule has 1 aliphatic rings. The number of hydrogen-bond acceptors (Lipinski definition) is 4. The molecule has 0 bridgehead atoms. The second-order valence-electron chi connectivity index (χ2n) is 7.23. The molecule has 0 unspecified atom stereocenters. The van der Waals surface area contributed by atoms with Crippen molar-refractivity contribution in [3.05, 3.63) is 67.2 Å². The molecule has 1 aliphatic carbocycles. The summed E-state index contributed by atoms with van der Waals surface area (Å²) in [7, 11) is 0. The van der Waals surface area contributed by atoms with Gasteiger partial charge in [-0.2, -0.15) is 0 Å². The number of fused-ring (bicyclic) bond motifs is 4. The number of rotatable bonds is 2. The summed E-state index contributed by atoms with van der Waals surface area (Å²) in [6.07, 6.45) is 4.81. The summed E-state index contributed by atoms with van der Waals surface area (Å²) in [4.78, 5) is 24.4. The highest BCUT2D eigenvalue weighted by molar-refractivity contribution is 7.18. The normalized spacial score (nSPS) is 13.6. The number of pyridine rings is 1. The average Bonchev–Trinajstić information content (AvgIpc) is 3.23. The first kappa shape index (κ1) is 16.9. The van der Waals surface area contributed by atoms with Crippen molar-refractivity contribution in [1.29, 1.82) is 0 Å². The lowest BCUT2D eigenvalue weighted by Crippen LogP contribution is -2.21. The van der Waals surface area contributed by atoms with Gasteiger partial charge < -0.3 is 0 Å². The summed E-state index contributed by atoms with van der Waals surface area (Å²) in [5.74, 6) is 0. The second-order valence-corrected chi connectivity index (χ2v) is 8.67. The van der Waals surface area contributed by atoms with E-state index < -0.39 is 0 Å². The fraction of sp³-hybridized carbons (Fsp3) is 0.286. The molecule has 1 aromatic carbocycles. The fourth-order valence-corrected chi connectivity index (χ4v) is 5.35. The van der Waals surface area contributed by atoms with Gasteiger partial charge in [0.1, 0.15) is 9.98 Å². The van der Waals surface area contributed by atoms with E-state index in [9.17, 15) is 4.79 Å². The largest absolute Gasteiger partial charge is 0.294 e. The van der Waals surface area contributed by atoms with Crippen LogP contribution < -0.4 is 5.56 Å². The third kappa shape index (κ3) is 2.60. The van der Waals surface area contributed by atoms with E-state index in [2.05, 4.69) is 35.9 Å². The smallest absolute Gasteiger partial charge is 0.262 e. The molecule has 0 saturated heterocycles. The van der Waals surface area contributed by atoms with E-state index in [1.807, 2.05) is 6.07 Å². The first-order valence-electron chi connectivity index (χ1n) is 9.08. The Morgan fingerprint density at radius 3 is 2.96 bits per heavy atom. The maximum atomic E-state index is 13.1. The van der Waals surface area contributed by atoms with E-state index in [-0.39, 0.29) is 5.56 Å². The fourth-order valence-electron chi connectivity index (χ4n) is 3.93. The van der Waals surface area contributed by atoms with Gasteiger partial charge in [-0.1, -0.05) is 23.7 Å². The number of thiophene rings is 1. The predicted molar refractivity (Wildman–Crippen MR) is 111 cm³/mol. The molecular weight excluding hydrogens is 378 g/mol. The van der Waals surface area contributed by atoms with E-state index >= 15 is 0 Å². The van der Waals surface area contributed by atoms with Crippen LogP contribution in [0.15, 0.2) is 29.3 Å².